The van der Waals surface area contributed by atoms with Crippen molar-refractivity contribution in [3.63, 3.8) is 0 Å². The van der Waals surface area contributed by atoms with Gasteiger partial charge in [0, 0.05) is 52.0 Å². The van der Waals surface area contributed by atoms with Crippen LogP contribution in [0, 0.1) is 46.3 Å². The number of halogens is 1. The van der Waals surface area contributed by atoms with Crippen molar-refractivity contribution < 1.29 is 29.0 Å². The summed E-state index contributed by atoms with van der Waals surface area (Å²) in [4.78, 5) is 56.6. The van der Waals surface area contributed by atoms with Crippen molar-refractivity contribution in [1.29, 1.82) is 0 Å². The van der Waals surface area contributed by atoms with Crippen LogP contribution >= 0.6 is 11.6 Å². The normalized spacial score (nSPS) is 34.9. The number of allylic oxidation sites excluding steroid dienone is 4. The lowest BCUT2D eigenvalue weighted by Gasteiger charge is -2.58. The highest BCUT2D eigenvalue weighted by Crippen LogP contribution is 2.66. The van der Waals surface area contributed by atoms with Gasteiger partial charge in [0.2, 0.25) is 5.91 Å². The van der Waals surface area contributed by atoms with E-state index in [9.17, 15) is 24.3 Å². The number of ether oxygens (including phenoxy) is 1. The highest BCUT2D eigenvalue weighted by Gasteiger charge is 2.62. The van der Waals surface area contributed by atoms with Crippen molar-refractivity contribution in [3.05, 3.63) is 94.8 Å². The number of hydrogen-bond donors (Lipinski definition) is 2. The number of Topliss-reactive ketones (excluding diaryl/α,β-unsaturated/α-hetero) is 1. The van der Waals surface area contributed by atoms with Gasteiger partial charge in [0.15, 0.2) is 18.2 Å². The summed E-state index contributed by atoms with van der Waals surface area (Å²) in [7, 11) is 0. The number of aliphatic hydroxyl groups is 1. The zero-order valence-electron chi connectivity index (χ0n) is 29.1. The molecule has 4 saturated carbocycles. The van der Waals surface area contributed by atoms with Gasteiger partial charge < -0.3 is 15.2 Å². The summed E-state index contributed by atoms with van der Waals surface area (Å²) < 4.78 is 5.64. The number of pyridine rings is 1. The Bertz CT molecular complexity index is 2040. The summed E-state index contributed by atoms with van der Waals surface area (Å²) in [5, 5.41) is 16.9. The number of amides is 1. The van der Waals surface area contributed by atoms with Crippen LogP contribution in [0.2, 0.25) is 5.02 Å². The molecule has 9 heteroatoms. The van der Waals surface area contributed by atoms with Gasteiger partial charge in [-0.15, -0.1) is 0 Å². The highest BCUT2D eigenvalue weighted by molar-refractivity contribution is 6.35. The summed E-state index contributed by atoms with van der Waals surface area (Å²) >= 11 is 6.32. The molecule has 1 amide bonds. The molecule has 0 spiro atoms. The molecule has 8 nitrogen and oxygen atoms in total. The third-order valence-electron chi connectivity index (χ3n) is 13.4. The maximum absolute atomic E-state index is 13.8. The van der Waals surface area contributed by atoms with Crippen molar-refractivity contribution in [2.75, 3.05) is 11.9 Å². The zero-order valence-corrected chi connectivity index (χ0v) is 29.9. The van der Waals surface area contributed by atoms with Crippen molar-refractivity contribution in [1.82, 2.24) is 4.98 Å². The molecule has 10 atom stereocenters. The van der Waals surface area contributed by atoms with Gasteiger partial charge in [-0.2, -0.15) is 0 Å². The smallest absolute Gasteiger partial charge is 0.338 e. The minimum atomic E-state index is -0.596. The SMILES string of the molecule is C[C@H]1C(C(=O)Nc2ccc3cncc(Cl)c3c2)C1c1cccc(C(=O)OCC(=O)[C@H]2CCC3[C@@H]4CCC5=CC(=O)C=C[C@]5(C)C4[C@@H](O)C[C@@]32C)c1. The number of ketones is 2. The van der Waals surface area contributed by atoms with Gasteiger partial charge >= 0.3 is 5.97 Å². The molecule has 8 rings (SSSR count). The lowest BCUT2D eigenvalue weighted by atomic mass is 9.46. The highest BCUT2D eigenvalue weighted by atomic mass is 35.5. The molecule has 3 aromatic rings. The zero-order chi connectivity index (χ0) is 35.8. The van der Waals surface area contributed by atoms with Crippen molar-refractivity contribution in [2.45, 2.75) is 64.9 Å². The minimum Gasteiger partial charge on any atom is -0.454 e. The van der Waals surface area contributed by atoms with E-state index < -0.39 is 12.1 Å². The number of esters is 1. The van der Waals surface area contributed by atoms with E-state index in [1.165, 1.54) is 0 Å². The predicted molar refractivity (Wildman–Crippen MR) is 194 cm³/mol. The van der Waals surface area contributed by atoms with Gasteiger partial charge in [0.25, 0.3) is 0 Å². The summed E-state index contributed by atoms with van der Waals surface area (Å²) in [6.07, 6.45) is 11.9. The molecule has 0 bridgehead atoms. The molecule has 2 N–H and O–H groups in total. The topological polar surface area (TPSA) is 123 Å². The van der Waals surface area contributed by atoms with Crippen LogP contribution in [-0.4, -0.2) is 46.2 Å². The maximum atomic E-state index is 13.8. The Morgan fingerprint density at radius 3 is 2.73 bits per heavy atom. The van der Waals surface area contributed by atoms with E-state index in [-0.39, 0.29) is 76.3 Å². The van der Waals surface area contributed by atoms with Crippen molar-refractivity contribution in [3.8, 4) is 0 Å². The van der Waals surface area contributed by atoms with Crippen LogP contribution in [0.1, 0.15) is 74.7 Å². The van der Waals surface area contributed by atoms with Gasteiger partial charge in [-0.05, 0) is 103 Å². The summed E-state index contributed by atoms with van der Waals surface area (Å²) in [6.45, 7) is 6.00. The average molecular weight is 707 g/mol. The fourth-order valence-electron chi connectivity index (χ4n) is 10.9. The number of nitrogens with zero attached hydrogens (tertiary/aromatic N) is 1. The Morgan fingerprint density at radius 1 is 1.08 bits per heavy atom. The first-order chi connectivity index (χ1) is 24.4. The molecule has 5 aliphatic carbocycles. The van der Waals surface area contributed by atoms with Crippen LogP contribution in [0.4, 0.5) is 5.69 Å². The molecule has 264 valence electrons. The first-order valence-electron chi connectivity index (χ1n) is 18.2. The summed E-state index contributed by atoms with van der Waals surface area (Å²) in [6, 6.07) is 12.7. The van der Waals surface area contributed by atoms with Crippen molar-refractivity contribution >= 4 is 51.5 Å². The van der Waals surface area contributed by atoms with E-state index >= 15 is 0 Å². The average Bonchev–Trinajstić information content (AvgIpc) is 3.66. The molecule has 1 heterocycles. The minimum absolute atomic E-state index is 0.00860. The Labute approximate surface area is 302 Å². The fraction of sp³-hybridized carbons (Fsp3) is 0.452. The molecule has 2 aromatic carbocycles. The molecule has 4 fully saturated rings. The number of aromatic nitrogens is 1. The molecule has 5 aliphatic rings. The van der Waals surface area contributed by atoms with E-state index in [0.717, 1.165) is 41.2 Å². The van der Waals surface area contributed by atoms with Gasteiger partial charge in [0.05, 0.1) is 16.7 Å². The van der Waals surface area contributed by atoms with Crippen LogP contribution in [0.15, 0.2) is 78.7 Å². The summed E-state index contributed by atoms with van der Waals surface area (Å²) in [5.41, 5.74) is 2.26. The fourth-order valence-corrected chi connectivity index (χ4v) is 11.1. The number of nitrogens with one attached hydrogen (secondary N) is 1. The van der Waals surface area contributed by atoms with E-state index in [1.807, 2.05) is 37.3 Å². The van der Waals surface area contributed by atoms with Crippen LogP contribution in [0.25, 0.3) is 10.8 Å². The first kappa shape index (κ1) is 34.0. The molecule has 0 saturated heterocycles. The van der Waals surface area contributed by atoms with E-state index in [4.69, 9.17) is 16.3 Å². The number of hydrogen-bond acceptors (Lipinski definition) is 7. The number of anilines is 1. The molecular weight excluding hydrogens is 664 g/mol. The molecule has 0 aliphatic heterocycles. The predicted octanol–water partition coefficient (Wildman–Crippen LogP) is 7.50. The summed E-state index contributed by atoms with van der Waals surface area (Å²) in [5.74, 6) is -0.733. The van der Waals surface area contributed by atoms with Gasteiger partial charge in [-0.3, -0.25) is 19.4 Å². The second-order valence-electron chi connectivity index (χ2n) is 16.1. The Balaban J connectivity index is 0.901. The number of aliphatic hydroxyl groups excluding tert-OH is 1. The van der Waals surface area contributed by atoms with Crippen molar-refractivity contribution in [2.24, 2.45) is 46.3 Å². The Hall–Kier alpha value is -4.14. The third kappa shape index (κ3) is 5.66. The molecule has 51 heavy (non-hydrogen) atoms. The lowest BCUT2D eigenvalue weighted by molar-refractivity contribution is -0.141. The van der Waals surface area contributed by atoms with Crippen LogP contribution in [0.3, 0.4) is 0 Å². The first-order valence-corrected chi connectivity index (χ1v) is 18.5. The molecule has 1 aromatic heterocycles. The maximum Gasteiger partial charge on any atom is 0.338 e. The van der Waals surface area contributed by atoms with Gasteiger partial charge in [-0.1, -0.05) is 62.2 Å². The molecular formula is C42H43ClN2O6. The van der Waals surface area contributed by atoms with E-state index in [0.29, 0.717) is 29.1 Å². The van der Waals surface area contributed by atoms with Gasteiger partial charge in [-0.25, -0.2) is 4.79 Å². The second-order valence-corrected chi connectivity index (χ2v) is 16.5. The van der Waals surface area contributed by atoms with Crippen LogP contribution in [0.5, 0.6) is 0 Å². The lowest BCUT2D eigenvalue weighted by Crippen LogP contribution is -2.56. The standard InChI is InChI=1S/C42H43ClN2O6/c1-22-36(37(22)39(49)45-27-9-7-25-19-44-20-33(43)30(25)17-27)23-5-4-6-24(15-23)40(50)51-21-35(48)32-12-11-31-29-10-8-26-16-28(46)13-14-41(26,2)38(29)34(47)18-42(31,32)3/h4-7,9,13-17,19-20,22,29,31-32,34,36-38,47H,8,10-12,18,21H2,1-3H3,(H,45,49)/t22-,29+,31?,32-,34+,36?,37?,38?,41+,42+/m1/s1. The van der Waals surface area contributed by atoms with Crippen LogP contribution in [-0.2, 0) is 19.1 Å². The largest absolute Gasteiger partial charge is 0.454 e. The van der Waals surface area contributed by atoms with Gasteiger partial charge in [0.1, 0.15) is 0 Å². The van der Waals surface area contributed by atoms with Crippen LogP contribution < -0.4 is 5.32 Å². The quantitative estimate of drug-likeness (QED) is 0.244. The third-order valence-corrected chi connectivity index (χ3v) is 13.7. The van der Waals surface area contributed by atoms with E-state index in [1.54, 1.807) is 42.7 Å². The number of carbonyl (C=O) groups excluding carboxylic acids is 4. The Kier molecular flexibility index (Phi) is 8.34. The number of carbonyl (C=O) groups is 4. The Morgan fingerprint density at radius 2 is 1.90 bits per heavy atom. The number of benzene rings is 2. The molecule has 0 radical (unpaired) electrons. The van der Waals surface area contributed by atoms with E-state index in [2.05, 4.69) is 24.1 Å². The second kappa shape index (κ2) is 12.5. The molecule has 4 unspecified atom stereocenters. The number of fused-ring (bicyclic) bond motifs is 6. The number of rotatable bonds is 7. The monoisotopic (exact) mass is 706 g/mol.